The molecule has 2 heterocycles. The number of nitrogens with one attached hydrogen (secondary N) is 1. The minimum absolute atomic E-state index is 0.0780. The Kier molecular flexibility index (Phi) is 5.39. The highest BCUT2D eigenvalue weighted by atomic mass is 16.5. The van der Waals surface area contributed by atoms with E-state index in [0.717, 1.165) is 11.1 Å². The molecule has 2 aromatic carbocycles. The van der Waals surface area contributed by atoms with Crippen molar-refractivity contribution in [2.24, 2.45) is 0 Å². The van der Waals surface area contributed by atoms with Gasteiger partial charge < -0.3 is 19.5 Å². The van der Waals surface area contributed by atoms with Gasteiger partial charge in [-0.2, -0.15) is 0 Å². The van der Waals surface area contributed by atoms with E-state index in [2.05, 4.69) is 10.5 Å². The van der Waals surface area contributed by atoms with E-state index in [1.54, 1.807) is 35.2 Å². The Labute approximate surface area is 168 Å². The SMILES string of the molecule is Cc1ccc(-c2cc(C(=O)Nc3cccc(C(=O)N4CCOCC4)c3)on2)cc1. The molecule has 7 heteroatoms. The first kappa shape index (κ1) is 18.9. The van der Waals surface area contributed by atoms with Crippen LogP contribution in [0.1, 0.15) is 26.5 Å². The first-order valence-corrected chi connectivity index (χ1v) is 9.42. The number of aromatic nitrogens is 1. The van der Waals surface area contributed by atoms with Crippen molar-refractivity contribution in [2.45, 2.75) is 6.92 Å². The summed E-state index contributed by atoms with van der Waals surface area (Å²) in [7, 11) is 0. The zero-order chi connectivity index (χ0) is 20.2. The predicted molar refractivity (Wildman–Crippen MR) is 108 cm³/mol. The second-order valence-electron chi connectivity index (χ2n) is 6.88. The summed E-state index contributed by atoms with van der Waals surface area (Å²) in [6.07, 6.45) is 0. The number of rotatable bonds is 4. The van der Waals surface area contributed by atoms with Gasteiger partial charge in [0.25, 0.3) is 11.8 Å². The summed E-state index contributed by atoms with van der Waals surface area (Å²) in [6.45, 7) is 4.21. The number of hydrogen-bond acceptors (Lipinski definition) is 5. The zero-order valence-electron chi connectivity index (χ0n) is 16.1. The summed E-state index contributed by atoms with van der Waals surface area (Å²) in [5, 5.41) is 6.74. The Hall–Kier alpha value is -3.45. The number of ether oxygens (including phenoxy) is 1. The van der Waals surface area contributed by atoms with Crippen LogP contribution in [0.25, 0.3) is 11.3 Å². The van der Waals surface area contributed by atoms with Crippen molar-refractivity contribution in [3.63, 3.8) is 0 Å². The van der Waals surface area contributed by atoms with Crippen LogP contribution in [-0.2, 0) is 4.74 Å². The predicted octanol–water partition coefficient (Wildman–Crippen LogP) is 3.37. The van der Waals surface area contributed by atoms with Crippen molar-refractivity contribution in [3.8, 4) is 11.3 Å². The number of carbonyl (C=O) groups is 2. The van der Waals surface area contributed by atoms with E-state index < -0.39 is 5.91 Å². The molecule has 1 saturated heterocycles. The number of hydrogen-bond donors (Lipinski definition) is 1. The molecule has 0 saturated carbocycles. The van der Waals surface area contributed by atoms with Gasteiger partial charge in [-0.05, 0) is 25.1 Å². The van der Waals surface area contributed by atoms with Crippen LogP contribution >= 0.6 is 0 Å². The molecular weight excluding hydrogens is 370 g/mol. The van der Waals surface area contributed by atoms with Gasteiger partial charge in [0.2, 0.25) is 5.76 Å². The average Bonchev–Trinajstić information content (AvgIpc) is 3.25. The van der Waals surface area contributed by atoms with Crippen LogP contribution in [0.2, 0.25) is 0 Å². The van der Waals surface area contributed by atoms with Gasteiger partial charge in [-0.15, -0.1) is 0 Å². The van der Waals surface area contributed by atoms with Crippen LogP contribution in [0.3, 0.4) is 0 Å². The van der Waals surface area contributed by atoms with Crippen LogP contribution in [0.15, 0.2) is 59.1 Å². The van der Waals surface area contributed by atoms with Gasteiger partial charge in [-0.1, -0.05) is 41.1 Å². The molecule has 0 bridgehead atoms. The van der Waals surface area contributed by atoms with Crippen LogP contribution in [-0.4, -0.2) is 48.2 Å². The molecule has 2 amide bonds. The lowest BCUT2D eigenvalue weighted by atomic mass is 10.1. The minimum atomic E-state index is -0.424. The summed E-state index contributed by atoms with van der Waals surface area (Å²) >= 11 is 0. The van der Waals surface area contributed by atoms with Crippen LogP contribution in [0, 0.1) is 6.92 Å². The molecule has 148 valence electrons. The van der Waals surface area contributed by atoms with Crippen LogP contribution < -0.4 is 5.32 Å². The Morgan fingerprint density at radius 3 is 2.55 bits per heavy atom. The third-order valence-electron chi connectivity index (χ3n) is 4.75. The number of morpholine rings is 1. The van der Waals surface area contributed by atoms with Crippen molar-refractivity contribution in [1.29, 1.82) is 0 Å². The van der Waals surface area contributed by atoms with Crippen LogP contribution in [0.4, 0.5) is 5.69 Å². The van der Waals surface area contributed by atoms with E-state index >= 15 is 0 Å². The number of anilines is 1. The molecule has 0 unspecified atom stereocenters. The highest BCUT2D eigenvalue weighted by Gasteiger charge is 2.19. The maximum atomic E-state index is 12.6. The van der Waals surface area contributed by atoms with E-state index in [1.807, 2.05) is 31.2 Å². The molecule has 0 atom stereocenters. The molecule has 0 aliphatic carbocycles. The number of aryl methyl sites for hydroxylation is 1. The second kappa shape index (κ2) is 8.28. The first-order chi connectivity index (χ1) is 14.1. The number of nitrogens with zero attached hydrogens (tertiary/aromatic N) is 2. The van der Waals surface area contributed by atoms with Gasteiger partial charge >= 0.3 is 0 Å². The maximum Gasteiger partial charge on any atom is 0.294 e. The van der Waals surface area contributed by atoms with E-state index in [4.69, 9.17) is 9.26 Å². The summed E-state index contributed by atoms with van der Waals surface area (Å²) in [4.78, 5) is 26.9. The molecule has 29 heavy (non-hydrogen) atoms. The zero-order valence-corrected chi connectivity index (χ0v) is 16.1. The smallest absolute Gasteiger partial charge is 0.294 e. The lowest BCUT2D eigenvalue weighted by Crippen LogP contribution is -2.40. The fourth-order valence-corrected chi connectivity index (χ4v) is 3.11. The molecule has 1 N–H and O–H groups in total. The Balaban J connectivity index is 1.46. The molecule has 7 nitrogen and oxygen atoms in total. The molecular formula is C22H21N3O4. The third kappa shape index (κ3) is 4.35. The van der Waals surface area contributed by atoms with Crippen molar-refractivity contribution in [3.05, 3.63) is 71.5 Å². The second-order valence-corrected chi connectivity index (χ2v) is 6.88. The quantitative estimate of drug-likeness (QED) is 0.737. The largest absolute Gasteiger partial charge is 0.378 e. The van der Waals surface area contributed by atoms with Gasteiger partial charge in [0, 0.05) is 36.0 Å². The standard InChI is InChI=1S/C22H21N3O4/c1-15-5-7-16(8-6-15)19-14-20(29-24-19)21(26)23-18-4-2-3-17(13-18)22(27)25-9-11-28-12-10-25/h2-8,13-14H,9-12H2,1H3,(H,23,26). The Morgan fingerprint density at radius 2 is 1.79 bits per heavy atom. The summed E-state index contributed by atoms with van der Waals surface area (Å²) in [5.74, 6) is -0.400. The minimum Gasteiger partial charge on any atom is -0.378 e. The number of amides is 2. The normalized spacial score (nSPS) is 13.9. The topological polar surface area (TPSA) is 84.7 Å². The van der Waals surface area contributed by atoms with Gasteiger partial charge in [0.15, 0.2) is 0 Å². The first-order valence-electron chi connectivity index (χ1n) is 9.42. The molecule has 3 aromatic rings. The van der Waals surface area contributed by atoms with E-state index in [0.29, 0.717) is 43.2 Å². The number of carbonyl (C=O) groups excluding carboxylic acids is 2. The summed E-state index contributed by atoms with van der Waals surface area (Å²) in [5.41, 5.74) is 3.63. The summed E-state index contributed by atoms with van der Waals surface area (Å²) < 4.78 is 10.5. The third-order valence-corrected chi connectivity index (χ3v) is 4.75. The molecule has 1 aliphatic heterocycles. The van der Waals surface area contributed by atoms with Crippen molar-refractivity contribution >= 4 is 17.5 Å². The fraction of sp³-hybridized carbons (Fsp3) is 0.227. The lowest BCUT2D eigenvalue weighted by molar-refractivity contribution is 0.0303. The molecule has 4 rings (SSSR count). The van der Waals surface area contributed by atoms with E-state index in [-0.39, 0.29) is 11.7 Å². The van der Waals surface area contributed by atoms with Gasteiger partial charge in [-0.3, -0.25) is 9.59 Å². The fourth-order valence-electron chi connectivity index (χ4n) is 3.11. The average molecular weight is 391 g/mol. The Bertz CT molecular complexity index is 1020. The van der Waals surface area contributed by atoms with E-state index in [9.17, 15) is 9.59 Å². The van der Waals surface area contributed by atoms with Crippen molar-refractivity contribution in [1.82, 2.24) is 10.1 Å². The molecule has 0 spiro atoms. The van der Waals surface area contributed by atoms with Crippen LogP contribution in [0.5, 0.6) is 0 Å². The summed E-state index contributed by atoms with van der Waals surface area (Å²) in [6, 6.07) is 16.3. The van der Waals surface area contributed by atoms with Gasteiger partial charge in [0.05, 0.1) is 13.2 Å². The number of benzene rings is 2. The molecule has 1 aliphatic rings. The van der Waals surface area contributed by atoms with Gasteiger partial charge in [0.1, 0.15) is 5.69 Å². The highest BCUT2D eigenvalue weighted by Crippen LogP contribution is 2.21. The molecule has 0 radical (unpaired) electrons. The lowest BCUT2D eigenvalue weighted by Gasteiger charge is -2.27. The monoisotopic (exact) mass is 391 g/mol. The molecule has 1 fully saturated rings. The van der Waals surface area contributed by atoms with Crippen molar-refractivity contribution < 1.29 is 18.8 Å². The van der Waals surface area contributed by atoms with Crippen molar-refractivity contribution in [2.75, 3.05) is 31.6 Å². The van der Waals surface area contributed by atoms with E-state index in [1.165, 1.54) is 0 Å². The highest BCUT2D eigenvalue weighted by molar-refractivity contribution is 6.03. The van der Waals surface area contributed by atoms with Gasteiger partial charge in [-0.25, -0.2) is 0 Å². The maximum absolute atomic E-state index is 12.6. The molecule has 1 aromatic heterocycles. The Morgan fingerprint density at radius 1 is 1.03 bits per heavy atom.